The molecule has 0 N–H and O–H groups in total. The van der Waals surface area contributed by atoms with Gasteiger partial charge in [-0.2, -0.15) is 0 Å². The molecule has 0 aromatic carbocycles. The van der Waals surface area contributed by atoms with Crippen LogP contribution in [0.1, 0.15) is 130 Å². The van der Waals surface area contributed by atoms with E-state index in [0.717, 1.165) is 25.0 Å². The fourth-order valence-electron chi connectivity index (χ4n) is 4.15. The second-order valence-corrected chi connectivity index (χ2v) is 10.1. The molecule has 0 amide bonds. The Bertz CT molecular complexity index is 304. The van der Waals surface area contributed by atoms with Crippen LogP contribution < -0.4 is 0 Å². The van der Waals surface area contributed by atoms with Crippen molar-refractivity contribution < 1.29 is 4.74 Å². The van der Waals surface area contributed by atoms with Gasteiger partial charge in [0.1, 0.15) is 0 Å². The molecule has 26 heavy (non-hydrogen) atoms. The summed E-state index contributed by atoms with van der Waals surface area (Å²) in [5.74, 6) is 2.21. The Hall–Kier alpha value is -0.0400. The highest BCUT2D eigenvalue weighted by atomic mass is 16.5. The Morgan fingerprint density at radius 2 is 1.15 bits per heavy atom. The Balaban J connectivity index is 1.74. The second-order valence-electron chi connectivity index (χ2n) is 10.1. The molecular formula is C25H50O. The summed E-state index contributed by atoms with van der Waals surface area (Å²) < 4.78 is 5.77. The van der Waals surface area contributed by atoms with E-state index in [1.165, 1.54) is 96.3 Å². The monoisotopic (exact) mass is 366 g/mol. The van der Waals surface area contributed by atoms with Gasteiger partial charge in [0.25, 0.3) is 0 Å². The van der Waals surface area contributed by atoms with Crippen LogP contribution in [0.4, 0.5) is 0 Å². The highest BCUT2D eigenvalue weighted by Gasteiger charge is 2.34. The summed E-state index contributed by atoms with van der Waals surface area (Å²) in [5.41, 5.74) is 0.457. The molecule has 1 aliphatic rings. The van der Waals surface area contributed by atoms with Gasteiger partial charge in [-0.15, -0.1) is 0 Å². The Kier molecular flexibility index (Phi) is 13.8. The van der Waals surface area contributed by atoms with Crippen LogP contribution >= 0.6 is 0 Å². The molecule has 1 fully saturated rings. The van der Waals surface area contributed by atoms with Crippen LogP contribution in [-0.2, 0) is 4.74 Å². The van der Waals surface area contributed by atoms with Gasteiger partial charge in [0, 0.05) is 13.2 Å². The van der Waals surface area contributed by atoms with Crippen LogP contribution in [-0.4, -0.2) is 13.2 Å². The van der Waals surface area contributed by atoms with Crippen molar-refractivity contribution in [2.45, 2.75) is 130 Å². The zero-order valence-corrected chi connectivity index (χ0v) is 18.8. The molecule has 0 radical (unpaired) electrons. The normalized spacial score (nSPS) is 19.8. The minimum Gasteiger partial charge on any atom is -0.381 e. The first-order valence-electron chi connectivity index (χ1n) is 12.1. The molecule has 0 aromatic heterocycles. The van der Waals surface area contributed by atoms with Crippen LogP contribution in [0.25, 0.3) is 0 Å². The van der Waals surface area contributed by atoms with Crippen molar-refractivity contribution in [2.75, 3.05) is 13.2 Å². The van der Waals surface area contributed by atoms with E-state index in [1.807, 2.05) is 0 Å². The van der Waals surface area contributed by atoms with Crippen molar-refractivity contribution in [3.8, 4) is 0 Å². The SMILES string of the molecule is CCCCCCCCCC1CC1CCCCCCOCCCC(C)(C)C. The van der Waals surface area contributed by atoms with Crippen LogP contribution in [0.15, 0.2) is 0 Å². The number of rotatable bonds is 18. The van der Waals surface area contributed by atoms with Gasteiger partial charge >= 0.3 is 0 Å². The van der Waals surface area contributed by atoms with Crippen LogP contribution in [0, 0.1) is 17.3 Å². The van der Waals surface area contributed by atoms with Gasteiger partial charge in [-0.1, -0.05) is 105 Å². The van der Waals surface area contributed by atoms with E-state index in [1.54, 1.807) is 6.42 Å². The first-order valence-corrected chi connectivity index (χ1v) is 12.1. The van der Waals surface area contributed by atoms with Gasteiger partial charge < -0.3 is 4.74 Å². The lowest BCUT2D eigenvalue weighted by molar-refractivity contribution is 0.118. The Labute approximate surface area is 166 Å². The minimum absolute atomic E-state index is 0.457. The summed E-state index contributed by atoms with van der Waals surface area (Å²) in [6, 6.07) is 0. The molecule has 0 bridgehead atoms. The first kappa shape index (κ1) is 24.0. The highest BCUT2D eigenvalue weighted by Crippen LogP contribution is 2.45. The summed E-state index contributed by atoms with van der Waals surface area (Å²) in [5, 5.41) is 0. The zero-order chi connectivity index (χ0) is 19.1. The lowest BCUT2D eigenvalue weighted by Gasteiger charge is -2.17. The molecule has 1 nitrogen and oxygen atoms in total. The van der Waals surface area contributed by atoms with E-state index in [-0.39, 0.29) is 0 Å². The third-order valence-corrected chi connectivity index (χ3v) is 6.08. The Morgan fingerprint density at radius 1 is 0.654 bits per heavy atom. The molecule has 1 saturated carbocycles. The number of ether oxygens (including phenoxy) is 1. The van der Waals surface area contributed by atoms with Crippen molar-refractivity contribution >= 4 is 0 Å². The van der Waals surface area contributed by atoms with E-state index < -0.39 is 0 Å². The molecule has 1 rings (SSSR count). The number of hydrogen-bond acceptors (Lipinski definition) is 1. The summed E-state index contributed by atoms with van der Waals surface area (Å²) in [6.45, 7) is 11.2. The summed E-state index contributed by atoms with van der Waals surface area (Å²) in [4.78, 5) is 0. The Morgan fingerprint density at radius 3 is 1.73 bits per heavy atom. The topological polar surface area (TPSA) is 9.23 Å². The predicted octanol–water partition coefficient (Wildman–Crippen LogP) is 8.56. The maximum atomic E-state index is 5.77. The first-order chi connectivity index (χ1) is 12.5. The maximum Gasteiger partial charge on any atom is 0.0466 e. The zero-order valence-electron chi connectivity index (χ0n) is 18.8. The largest absolute Gasteiger partial charge is 0.381 e. The third-order valence-electron chi connectivity index (χ3n) is 6.08. The smallest absolute Gasteiger partial charge is 0.0466 e. The summed E-state index contributed by atoms with van der Waals surface area (Å²) in [7, 11) is 0. The minimum atomic E-state index is 0.457. The van der Waals surface area contributed by atoms with Crippen molar-refractivity contribution in [3.63, 3.8) is 0 Å². The average Bonchev–Trinajstić information content (AvgIpc) is 3.33. The molecule has 1 aliphatic carbocycles. The molecule has 2 atom stereocenters. The molecule has 0 heterocycles. The van der Waals surface area contributed by atoms with E-state index in [9.17, 15) is 0 Å². The van der Waals surface area contributed by atoms with E-state index >= 15 is 0 Å². The van der Waals surface area contributed by atoms with E-state index in [0.29, 0.717) is 5.41 Å². The van der Waals surface area contributed by atoms with Crippen LogP contribution in [0.5, 0.6) is 0 Å². The van der Waals surface area contributed by atoms with E-state index in [2.05, 4.69) is 27.7 Å². The molecule has 0 spiro atoms. The standard InChI is InChI=1S/C25H50O/c1-5-6-7-8-9-10-13-17-23-22-24(23)18-14-11-12-15-20-26-21-16-19-25(2,3)4/h23-24H,5-22H2,1-4H3. The van der Waals surface area contributed by atoms with Crippen molar-refractivity contribution in [1.82, 2.24) is 0 Å². The van der Waals surface area contributed by atoms with Gasteiger partial charge in [0.2, 0.25) is 0 Å². The van der Waals surface area contributed by atoms with Gasteiger partial charge in [0.15, 0.2) is 0 Å². The number of hydrogen-bond donors (Lipinski definition) is 0. The summed E-state index contributed by atoms with van der Waals surface area (Å²) >= 11 is 0. The molecule has 156 valence electrons. The molecule has 2 unspecified atom stereocenters. The van der Waals surface area contributed by atoms with Crippen molar-refractivity contribution in [1.29, 1.82) is 0 Å². The quantitative estimate of drug-likeness (QED) is 0.221. The molecule has 0 aromatic rings. The van der Waals surface area contributed by atoms with Crippen LogP contribution in [0.2, 0.25) is 0 Å². The molecular weight excluding hydrogens is 316 g/mol. The summed E-state index contributed by atoms with van der Waals surface area (Å²) in [6.07, 6.45) is 22.8. The average molecular weight is 367 g/mol. The maximum absolute atomic E-state index is 5.77. The van der Waals surface area contributed by atoms with Gasteiger partial charge in [-0.05, 0) is 42.9 Å². The third kappa shape index (κ3) is 15.1. The van der Waals surface area contributed by atoms with Crippen LogP contribution in [0.3, 0.4) is 0 Å². The van der Waals surface area contributed by atoms with Gasteiger partial charge in [-0.25, -0.2) is 0 Å². The molecule has 0 saturated heterocycles. The molecule has 1 heteroatoms. The van der Waals surface area contributed by atoms with Crippen molar-refractivity contribution in [3.05, 3.63) is 0 Å². The highest BCUT2D eigenvalue weighted by molar-refractivity contribution is 4.85. The number of unbranched alkanes of at least 4 members (excludes halogenated alkanes) is 9. The lowest BCUT2D eigenvalue weighted by Crippen LogP contribution is -2.07. The second kappa shape index (κ2) is 14.9. The fourth-order valence-corrected chi connectivity index (χ4v) is 4.15. The van der Waals surface area contributed by atoms with E-state index in [4.69, 9.17) is 4.74 Å². The fraction of sp³-hybridized carbons (Fsp3) is 1.00. The van der Waals surface area contributed by atoms with Gasteiger partial charge in [0.05, 0.1) is 0 Å². The molecule has 0 aliphatic heterocycles. The lowest BCUT2D eigenvalue weighted by atomic mass is 9.91. The predicted molar refractivity (Wildman–Crippen MR) is 117 cm³/mol. The van der Waals surface area contributed by atoms with Crippen molar-refractivity contribution in [2.24, 2.45) is 17.3 Å². The van der Waals surface area contributed by atoms with Gasteiger partial charge in [-0.3, -0.25) is 0 Å².